The SMILES string of the molecule is CO.CO.[Ir].[c-]1cccc2c1-c1ncccc1C13CCCC21CCC3. The van der Waals surface area contributed by atoms with E-state index >= 15 is 0 Å². The summed E-state index contributed by atoms with van der Waals surface area (Å²) >= 11 is 0. The first-order chi connectivity index (χ1) is 11.9. The number of pyridine rings is 1. The summed E-state index contributed by atoms with van der Waals surface area (Å²) in [5, 5.41) is 14.0. The fourth-order valence-electron chi connectivity index (χ4n) is 5.67. The molecule has 0 amide bonds. The molecule has 5 rings (SSSR count). The summed E-state index contributed by atoms with van der Waals surface area (Å²) < 4.78 is 0. The third-order valence-corrected chi connectivity index (χ3v) is 6.26. The number of fused-ring (bicyclic) bond motifs is 3. The molecule has 3 aliphatic rings. The third-order valence-electron chi connectivity index (χ3n) is 6.26. The maximum absolute atomic E-state index is 7.00. The van der Waals surface area contributed by atoms with Gasteiger partial charge < -0.3 is 15.2 Å². The first kappa shape index (κ1) is 20.3. The van der Waals surface area contributed by atoms with Crippen LogP contribution in [0.3, 0.4) is 0 Å². The Balaban J connectivity index is 0.000000424. The van der Waals surface area contributed by atoms with Crippen LogP contribution in [0.15, 0.2) is 36.5 Å². The van der Waals surface area contributed by atoms with Gasteiger partial charge in [-0.05, 0) is 35.4 Å². The average Bonchev–Trinajstić information content (AvgIpc) is 3.23. The van der Waals surface area contributed by atoms with E-state index in [4.69, 9.17) is 15.2 Å². The smallest absolute Gasteiger partial charge is 0.0319 e. The van der Waals surface area contributed by atoms with Crippen LogP contribution in [-0.4, -0.2) is 29.4 Å². The van der Waals surface area contributed by atoms with Gasteiger partial charge in [0.1, 0.15) is 0 Å². The normalized spacial score (nSPS) is 27.0. The van der Waals surface area contributed by atoms with Gasteiger partial charge in [-0.1, -0.05) is 37.3 Å². The van der Waals surface area contributed by atoms with Gasteiger partial charge in [-0.3, -0.25) is 0 Å². The second-order valence-corrected chi connectivity index (χ2v) is 6.73. The number of aliphatic hydroxyl groups excluding tert-OH is 2. The molecule has 4 heteroatoms. The van der Waals surface area contributed by atoms with Crippen molar-refractivity contribution in [3.63, 3.8) is 0 Å². The number of benzene rings is 1. The molecule has 3 aliphatic carbocycles. The van der Waals surface area contributed by atoms with Crippen molar-refractivity contribution in [1.29, 1.82) is 0 Å². The Kier molecular flexibility index (Phi) is 6.56. The minimum Gasteiger partial charge on any atom is -0.400 e. The van der Waals surface area contributed by atoms with Crippen LogP contribution in [-0.2, 0) is 30.9 Å². The quantitative estimate of drug-likeness (QED) is 0.526. The number of rotatable bonds is 0. The van der Waals surface area contributed by atoms with E-state index in [1.54, 1.807) is 5.56 Å². The first-order valence-electron chi connectivity index (χ1n) is 8.74. The summed E-state index contributed by atoms with van der Waals surface area (Å²) in [5.41, 5.74) is 6.31. The molecule has 1 aromatic carbocycles. The van der Waals surface area contributed by atoms with Gasteiger partial charge in [0, 0.05) is 40.5 Å². The standard InChI is InChI=1S/C19H18N.2CH4O.Ir/c1-2-7-15-14(6-1)17-16(8-3-13-20-17)19-11-4-9-18(15,19)10-5-12-19;2*1-2;/h1-3,7-8,13H,4-5,9-12H2;2*2H,1H3;/q-1;;;. The number of hydrogen-bond donors (Lipinski definition) is 2. The summed E-state index contributed by atoms with van der Waals surface area (Å²) in [4.78, 5) is 4.74. The summed E-state index contributed by atoms with van der Waals surface area (Å²) in [6, 6.07) is 14.5. The van der Waals surface area contributed by atoms with Gasteiger partial charge in [0.2, 0.25) is 0 Å². The summed E-state index contributed by atoms with van der Waals surface area (Å²) in [7, 11) is 2.00. The van der Waals surface area contributed by atoms with Crippen LogP contribution >= 0.6 is 0 Å². The van der Waals surface area contributed by atoms with Crippen LogP contribution in [0.5, 0.6) is 0 Å². The molecule has 1 aromatic heterocycles. The molecule has 1 radical (unpaired) electrons. The molecular weight excluding hydrogens is 490 g/mol. The predicted molar refractivity (Wildman–Crippen MR) is 95.9 cm³/mol. The van der Waals surface area contributed by atoms with Gasteiger partial charge in [-0.2, -0.15) is 0 Å². The van der Waals surface area contributed by atoms with E-state index in [0.29, 0.717) is 10.8 Å². The zero-order chi connectivity index (χ0) is 17.2. The van der Waals surface area contributed by atoms with Crippen LogP contribution in [0.25, 0.3) is 11.3 Å². The van der Waals surface area contributed by atoms with Crippen molar-refractivity contribution in [2.75, 3.05) is 14.2 Å². The minimum atomic E-state index is 0. The van der Waals surface area contributed by atoms with Gasteiger partial charge in [-0.25, -0.2) is 0 Å². The zero-order valence-corrected chi connectivity index (χ0v) is 17.3. The molecule has 0 unspecified atom stereocenters. The van der Waals surface area contributed by atoms with Crippen molar-refractivity contribution < 1.29 is 30.3 Å². The van der Waals surface area contributed by atoms with Crippen LogP contribution in [0.4, 0.5) is 0 Å². The molecule has 0 saturated heterocycles. The number of nitrogens with zero attached hydrogens (tertiary/aromatic N) is 1. The Morgan fingerprint density at radius 1 is 0.880 bits per heavy atom. The van der Waals surface area contributed by atoms with Gasteiger partial charge in [0.15, 0.2) is 0 Å². The minimum absolute atomic E-state index is 0. The van der Waals surface area contributed by atoms with E-state index in [9.17, 15) is 0 Å². The van der Waals surface area contributed by atoms with E-state index in [1.165, 1.54) is 55.3 Å². The molecule has 0 aliphatic heterocycles. The topological polar surface area (TPSA) is 53.4 Å². The number of aliphatic hydroxyl groups is 2. The summed E-state index contributed by atoms with van der Waals surface area (Å²) in [6.07, 6.45) is 10.1. The van der Waals surface area contributed by atoms with Crippen molar-refractivity contribution >= 4 is 0 Å². The molecule has 2 aromatic rings. The van der Waals surface area contributed by atoms with Crippen molar-refractivity contribution in [2.24, 2.45) is 0 Å². The summed E-state index contributed by atoms with van der Waals surface area (Å²) in [6.45, 7) is 0. The van der Waals surface area contributed by atoms with E-state index in [2.05, 4.69) is 30.3 Å². The molecule has 137 valence electrons. The van der Waals surface area contributed by atoms with Gasteiger partial charge in [0.25, 0.3) is 0 Å². The fourth-order valence-corrected chi connectivity index (χ4v) is 5.67. The van der Waals surface area contributed by atoms with Gasteiger partial charge in [0.05, 0.1) is 0 Å². The van der Waals surface area contributed by atoms with Crippen LogP contribution in [0, 0.1) is 6.07 Å². The van der Waals surface area contributed by atoms with Crippen LogP contribution < -0.4 is 0 Å². The van der Waals surface area contributed by atoms with E-state index in [0.717, 1.165) is 14.2 Å². The molecule has 1 heterocycles. The van der Waals surface area contributed by atoms with E-state index in [1.807, 2.05) is 12.3 Å². The molecule has 3 nitrogen and oxygen atoms in total. The second kappa shape index (κ2) is 8.09. The molecule has 0 bridgehead atoms. The van der Waals surface area contributed by atoms with E-state index < -0.39 is 0 Å². The van der Waals surface area contributed by atoms with Crippen molar-refractivity contribution in [3.8, 4) is 11.3 Å². The van der Waals surface area contributed by atoms with Crippen LogP contribution in [0.2, 0.25) is 0 Å². The van der Waals surface area contributed by atoms with Crippen molar-refractivity contribution in [3.05, 3.63) is 53.7 Å². The zero-order valence-electron chi connectivity index (χ0n) is 14.9. The largest absolute Gasteiger partial charge is 0.400 e. The molecular formula is C21H26IrNO2-. The Morgan fingerprint density at radius 3 is 2.08 bits per heavy atom. The number of hydrogen-bond acceptors (Lipinski definition) is 3. The monoisotopic (exact) mass is 517 g/mol. The second-order valence-electron chi connectivity index (χ2n) is 6.73. The molecule has 2 saturated carbocycles. The Morgan fingerprint density at radius 2 is 1.44 bits per heavy atom. The molecule has 0 spiro atoms. The Hall–Kier alpha value is -1.06. The average molecular weight is 517 g/mol. The van der Waals surface area contributed by atoms with Crippen molar-refractivity contribution in [1.82, 2.24) is 4.98 Å². The third kappa shape index (κ3) is 2.62. The van der Waals surface area contributed by atoms with E-state index in [-0.39, 0.29) is 20.1 Å². The molecule has 2 fully saturated rings. The van der Waals surface area contributed by atoms with Crippen molar-refractivity contribution in [2.45, 2.75) is 49.4 Å². The molecule has 0 atom stereocenters. The van der Waals surface area contributed by atoms with Crippen LogP contribution in [0.1, 0.15) is 49.7 Å². The predicted octanol–water partition coefficient (Wildman–Crippen LogP) is 3.62. The fraction of sp³-hybridized carbons (Fsp3) is 0.476. The summed E-state index contributed by atoms with van der Waals surface area (Å²) in [5.74, 6) is 0. The molecule has 2 N–H and O–H groups in total. The molecule has 25 heavy (non-hydrogen) atoms. The van der Waals surface area contributed by atoms with Gasteiger partial charge >= 0.3 is 0 Å². The Bertz CT molecular complexity index is 647. The maximum atomic E-state index is 7.00. The number of aromatic nitrogens is 1. The maximum Gasteiger partial charge on any atom is 0.0319 e. The van der Waals surface area contributed by atoms with Gasteiger partial charge in [-0.15, -0.1) is 35.4 Å². The Labute approximate surface area is 163 Å². The first-order valence-corrected chi connectivity index (χ1v) is 8.74.